The number of H-pyrrole nitrogens is 2. The fourth-order valence-corrected chi connectivity index (χ4v) is 4.87. The summed E-state index contributed by atoms with van der Waals surface area (Å²) in [5.41, 5.74) is 5.44. The van der Waals surface area contributed by atoms with Crippen LogP contribution in [0, 0.1) is 26.7 Å². The van der Waals surface area contributed by atoms with Gasteiger partial charge in [0.25, 0.3) is 5.91 Å². The number of esters is 1. The van der Waals surface area contributed by atoms with E-state index >= 15 is 0 Å². The van der Waals surface area contributed by atoms with Crippen molar-refractivity contribution in [1.82, 2.24) is 20.2 Å². The van der Waals surface area contributed by atoms with Gasteiger partial charge in [-0.25, -0.2) is 4.79 Å². The minimum Gasteiger partial charge on any atom is -0.465 e. The first-order valence-corrected chi connectivity index (χ1v) is 11.7. The molecule has 0 aliphatic carbocycles. The quantitative estimate of drug-likeness (QED) is 0.486. The Morgan fingerprint density at radius 1 is 1.21 bits per heavy atom. The molecule has 0 bridgehead atoms. The van der Waals surface area contributed by atoms with Gasteiger partial charge in [-0.1, -0.05) is 11.6 Å². The van der Waals surface area contributed by atoms with Crippen molar-refractivity contribution in [2.75, 3.05) is 26.7 Å². The average Bonchev–Trinajstić information content (AvgIpc) is 3.37. The number of nitrogens with zero attached hydrogens (tertiary/aromatic N) is 1. The third kappa shape index (κ3) is 4.58. The number of fused-ring (bicyclic) bond motifs is 1. The molecular formula is C26H32N4O4. The predicted molar refractivity (Wildman–Crippen MR) is 130 cm³/mol. The van der Waals surface area contributed by atoms with Crippen molar-refractivity contribution in [3.8, 4) is 0 Å². The number of ether oxygens (including phenoxy) is 1. The first-order chi connectivity index (χ1) is 16.3. The first-order valence-electron chi connectivity index (χ1n) is 11.7. The molecule has 3 aromatic rings. The maximum absolute atomic E-state index is 13.2. The number of aromatic amines is 2. The normalized spacial score (nSPS) is 16.0. The van der Waals surface area contributed by atoms with Crippen LogP contribution in [0.3, 0.4) is 0 Å². The molecule has 1 saturated heterocycles. The van der Waals surface area contributed by atoms with Gasteiger partial charge < -0.3 is 24.9 Å². The molecule has 0 saturated carbocycles. The van der Waals surface area contributed by atoms with E-state index in [2.05, 4.69) is 40.4 Å². The van der Waals surface area contributed by atoms with E-state index < -0.39 is 5.97 Å². The Morgan fingerprint density at radius 2 is 2.00 bits per heavy atom. The van der Waals surface area contributed by atoms with Crippen molar-refractivity contribution < 1.29 is 19.1 Å². The highest BCUT2D eigenvalue weighted by atomic mass is 16.5. The SMILES string of the molecule is COC(=O)c1c(C)[nH]c(C(=O)N2CCC[C@H](C(=O)NCCc3c[nH]c4ccc(C)cc34)C2)c1C. The van der Waals surface area contributed by atoms with Gasteiger partial charge in [-0.05, 0) is 63.3 Å². The molecule has 0 spiro atoms. The summed E-state index contributed by atoms with van der Waals surface area (Å²) < 4.78 is 4.84. The Morgan fingerprint density at radius 3 is 2.76 bits per heavy atom. The van der Waals surface area contributed by atoms with Crippen molar-refractivity contribution in [2.24, 2.45) is 5.92 Å². The summed E-state index contributed by atoms with van der Waals surface area (Å²) in [5, 5.41) is 4.24. The van der Waals surface area contributed by atoms with Crippen molar-refractivity contribution in [3.05, 3.63) is 58.0 Å². The lowest BCUT2D eigenvalue weighted by atomic mass is 9.96. The number of piperidine rings is 1. The molecule has 2 amide bonds. The first kappa shape index (κ1) is 23.6. The van der Waals surface area contributed by atoms with Gasteiger partial charge >= 0.3 is 5.97 Å². The molecule has 3 heterocycles. The zero-order valence-corrected chi connectivity index (χ0v) is 20.2. The lowest BCUT2D eigenvalue weighted by Crippen LogP contribution is -2.46. The minimum atomic E-state index is -0.466. The predicted octanol–water partition coefficient (Wildman–Crippen LogP) is 3.42. The van der Waals surface area contributed by atoms with Crippen LogP contribution >= 0.6 is 0 Å². The molecular weight excluding hydrogens is 432 g/mol. The lowest BCUT2D eigenvalue weighted by Gasteiger charge is -2.32. The number of hydrogen-bond donors (Lipinski definition) is 3. The molecule has 0 unspecified atom stereocenters. The van der Waals surface area contributed by atoms with Crippen LogP contribution < -0.4 is 5.32 Å². The zero-order valence-electron chi connectivity index (χ0n) is 20.2. The second-order valence-corrected chi connectivity index (χ2v) is 9.11. The number of amides is 2. The molecule has 8 heteroatoms. The van der Waals surface area contributed by atoms with E-state index in [0.717, 1.165) is 24.8 Å². The van der Waals surface area contributed by atoms with E-state index in [1.807, 2.05) is 6.20 Å². The van der Waals surface area contributed by atoms with Gasteiger partial charge in [0, 0.05) is 42.4 Å². The van der Waals surface area contributed by atoms with Crippen molar-refractivity contribution >= 4 is 28.7 Å². The second-order valence-electron chi connectivity index (χ2n) is 9.11. The summed E-state index contributed by atoms with van der Waals surface area (Å²) >= 11 is 0. The number of carbonyl (C=O) groups is 3. The van der Waals surface area contributed by atoms with Crippen LogP contribution in [0.4, 0.5) is 0 Å². The summed E-state index contributed by atoms with van der Waals surface area (Å²) in [6.45, 7) is 7.05. The van der Waals surface area contributed by atoms with Crippen LogP contribution in [0.25, 0.3) is 10.9 Å². The number of hydrogen-bond acceptors (Lipinski definition) is 4. The van der Waals surface area contributed by atoms with Gasteiger partial charge in [-0.15, -0.1) is 0 Å². The summed E-state index contributed by atoms with van der Waals surface area (Å²) in [6.07, 6.45) is 4.24. The Labute approximate surface area is 199 Å². The zero-order chi connectivity index (χ0) is 24.4. The van der Waals surface area contributed by atoms with E-state index in [1.54, 1.807) is 18.7 Å². The molecule has 180 valence electrons. The molecule has 8 nitrogen and oxygen atoms in total. The number of nitrogens with one attached hydrogen (secondary N) is 3. The Kier molecular flexibility index (Phi) is 6.77. The largest absolute Gasteiger partial charge is 0.465 e. The van der Waals surface area contributed by atoms with Crippen molar-refractivity contribution in [1.29, 1.82) is 0 Å². The van der Waals surface area contributed by atoms with Crippen LogP contribution in [-0.2, 0) is 16.0 Å². The Bertz CT molecular complexity index is 1240. The standard InChI is InChI=1S/C26H32N4O4/c1-15-7-8-21-20(12-15)18(13-28-21)9-10-27-24(31)19-6-5-11-30(14-19)25(32)23-16(2)22(17(3)29-23)26(33)34-4/h7-8,12-13,19,28-29H,5-6,9-11,14H2,1-4H3,(H,27,31)/t19-/m0/s1. The van der Waals surface area contributed by atoms with Crippen LogP contribution in [0.15, 0.2) is 24.4 Å². The summed E-state index contributed by atoms with van der Waals surface area (Å²) in [4.78, 5) is 46.2. The number of aromatic nitrogens is 2. The summed E-state index contributed by atoms with van der Waals surface area (Å²) in [5.74, 6) is -0.934. The van der Waals surface area contributed by atoms with Gasteiger partial charge in [-0.2, -0.15) is 0 Å². The molecule has 1 aliphatic heterocycles. The maximum Gasteiger partial charge on any atom is 0.339 e. The number of carbonyl (C=O) groups excluding carboxylic acids is 3. The molecule has 3 N–H and O–H groups in total. The van der Waals surface area contributed by atoms with E-state index in [1.165, 1.54) is 23.6 Å². The van der Waals surface area contributed by atoms with Crippen LogP contribution in [0.5, 0.6) is 0 Å². The number of methoxy groups -OCH3 is 1. The molecule has 34 heavy (non-hydrogen) atoms. The van der Waals surface area contributed by atoms with Gasteiger partial charge in [-0.3, -0.25) is 9.59 Å². The fourth-order valence-electron chi connectivity index (χ4n) is 4.87. The maximum atomic E-state index is 13.2. The lowest BCUT2D eigenvalue weighted by molar-refractivity contribution is -0.126. The van der Waals surface area contributed by atoms with Crippen LogP contribution in [0.1, 0.15) is 56.1 Å². The third-order valence-electron chi connectivity index (χ3n) is 6.74. The molecule has 0 radical (unpaired) electrons. The van der Waals surface area contributed by atoms with Gasteiger partial charge in [0.1, 0.15) is 5.69 Å². The summed E-state index contributed by atoms with van der Waals surface area (Å²) in [7, 11) is 1.32. The van der Waals surface area contributed by atoms with Gasteiger partial charge in [0.05, 0.1) is 18.6 Å². The van der Waals surface area contributed by atoms with E-state index in [9.17, 15) is 14.4 Å². The molecule has 2 aromatic heterocycles. The number of rotatable bonds is 6. The smallest absolute Gasteiger partial charge is 0.339 e. The monoisotopic (exact) mass is 464 g/mol. The summed E-state index contributed by atoms with van der Waals surface area (Å²) in [6, 6.07) is 6.30. The van der Waals surface area contributed by atoms with Crippen molar-refractivity contribution in [2.45, 2.75) is 40.0 Å². The number of benzene rings is 1. The molecule has 1 fully saturated rings. The van der Waals surface area contributed by atoms with E-state index in [4.69, 9.17) is 4.74 Å². The highest BCUT2D eigenvalue weighted by molar-refractivity contribution is 6.00. The Hall–Kier alpha value is -3.55. The topological polar surface area (TPSA) is 107 Å². The van der Waals surface area contributed by atoms with Gasteiger partial charge in [0.15, 0.2) is 0 Å². The van der Waals surface area contributed by atoms with Gasteiger partial charge in [0.2, 0.25) is 5.91 Å². The highest BCUT2D eigenvalue weighted by Crippen LogP contribution is 2.24. The average molecular weight is 465 g/mol. The number of likely N-dealkylation sites (tertiary alicyclic amines) is 1. The van der Waals surface area contributed by atoms with Crippen LogP contribution in [0.2, 0.25) is 0 Å². The Balaban J connectivity index is 1.37. The third-order valence-corrected chi connectivity index (χ3v) is 6.74. The van der Waals surface area contributed by atoms with Crippen LogP contribution in [-0.4, -0.2) is 59.4 Å². The molecule has 1 aromatic carbocycles. The molecule has 1 atom stereocenters. The molecule has 1 aliphatic rings. The van der Waals surface area contributed by atoms with E-state index in [-0.39, 0.29) is 17.7 Å². The molecule has 4 rings (SSSR count). The second kappa shape index (κ2) is 9.75. The highest BCUT2D eigenvalue weighted by Gasteiger charge is 2.31. The number of aryl methyl sites for hydroxylation is 2. The van der Waals surface area contributed by atoms with E-state index in [0.29, 0.717) is 42.1 Å². The minimum absolute atomic E-state index is 0.0249. The van der Waals surface area contributed by atoms with Crippen molar-refractivity contribution in [3.63, 3.8) is 0 Å². The fraction of sp³-hybridized carbons (Fsp3) is 0.423.